The zero-order valence-corrected chi connectivity index (χ0v) is 16.7. The van der Waals surface area contributed by atoms with Crippen LogP contribution in [-0.2, 0) is 6.54 Å². The Morgan fingerprint density at radius 1 is 0.967 bits per heavy atom. The molecule has 6 heteroatoms. The summed E-state index contributed by atoms with van der Waals surface area (Å²) in [5.41, 5.74) is 1.83. The molecule has 156 valence electrons. The summed E-state index contributed by atoms with van der Waals surface area (Å²) in [5.74, 6) is 0.164. The molecule has 2 aliphatic rings. The van der Waals surface area contributed by atoms with Gasteiger partial charge in [-0.15, -0.1) is 0 Å². The predicted molar refractivity (Wildman–Crippen MR) is 111 cm³/mol. The summed E-state index contributed by atoms with van der Waals surface area (Å²) in [5, 5.41) is 10.9. The molecule has 2 heterocycles. The van der Waals surface area contributed by atoms with Gasteiger partial charge in [0.2, 0.25) is 0 Å². The molecule has 0 amide bonds. The molecule has 1 N–H and O–H groups in total. The van der Waals surface area contributed by atoms with Crippen molar-refractivity contribution in [1.82, 2.24) is 14.5 Å². The van der Waals surface area contributed by atoms with Crippen molar-refractivity contribution in [3.05, 3.63) is 78.1 Å². The summed E-state index contributed by atoms with van der Waals surface area (Å²) < 4.78 is 28.9. The smallest absolute Gasteiger partial charge is 0.159 e. The van der Waals surface area contributed by atoms with E-state index in [2.05, 4.69) is 14.5 Å². The largest absolute Gasteiger partial charge is 0.391 e. The van der Waals surface area contributed by atoms with Gasteiger partial charge in [-0.1, -0.05) is 36.4 Å². The van der Waals surface area contributed by atoms with E-state index in [1.807, 2.05) is 36.5 Å². The van der Waals surface area contributed by atoms with E-state index in [9.17, 15) is 13.9 Å². The number of aliphatic hydroxyl groups is 1. The number of hydrogen-bond acceptors (Lipinski definition) is 3. The Balaban J connectivity index is 1.31. The van der Waals surface area contributed by atoms with Gasteiger partial charge in [0.05, 0.1) is 12.1 Å². The summed E-state index contributed by atoms with van der Waals surface area (Å²) in [7, 11) is 0. The van der Waals surface area contributed by atoms with Gasteiger partial charge in [-0.2, -0.15) is 0 Å². The third-order valence-electron chi connectivity index (χ3n) is 6.63. The molecule has 0 radical (unpaired) electrons. The van der Waals surface area contributed by atoms with E-state index in [4.69, 9.17) is 0 Å². The Bertz CT molecular complexity index is 1020. The second-order valence-electron chi connectivity index (χ2n) is 8.59. The SMILES string of the molecule is O[C@H]1C[C@@H]2CN(Cc3ccc(F)c(F)c3)C[C@@H]2C[C@@H]1n1ccnc1-c1ccccc1. The van der Waals surface area contributed by atoms with Gasteiger partial charge < -0.3 is 9.67 Å². The van der Waals surface area contributed by atoms with E-state index in [1.165, 1.54) is 12.1 Å². The fourth-order valence-electron chi connectivity index (χ4n) is 5.22. The number of imidazole rings is 1. The monoisotopic (exact) mass is 409 g/mol. The zero-order chi connectivity index (χ0) is 20.7. The van der Waals surface area contributed by atoms with Crippen molar-refractivity contribution in [2.24, 2.45) is 11.8 Å². The van der Waals surface area contributed by atoms with Crippen LogP contribution in [0.3, 0.4) is 0 Å². The Morgan fingerprint density at radius 2 is 1.73 bits per heavy atom. The highest BCUT2D eigenvalue weighted by Gasteiger charge is 2.42. The van der Waals surface area contributed by atoms with Gasteiger partial charge in [-0.25, -0.2) is 13.8 Å². The molecule has 1 aliphatic carbocycles. The van der Waals surface area contributed by atoms with Crippen LogP contribution in [0, 0.1) is 23.5 Å². The summed E-state index contributed by atoms with van der Waals surface area (Å²) in [4.78, 5) is 6.84. The van der Waals surface area contributed by atoms with Crippen molar-refractivity contribution < 1.29 is 13.9 Å². The lowest BCUT2D eigenvalue weighted by molar-refractivity contribution is 0.0365. The Kier molecular flexibility index (Phi) is 5.13. The van der Waals surface area contributed by atoms with Gasteiger partial charge >= 0.3 is 0 Å². The van der Waals surface area contributed by atoms with Crippen molar-refractivity contribution in [1.29, 1.82) is 0 Å². The minimum Gasteiger partial charge on any atom is -0.391 e. The van der Waals surface area contributed by atoms with Crippen molar-refractivity contribution in [2.75, 3.05) is 13.1 Å². The molecule has 2 fully saturated rings. The first-order chi connectivity index (χ1) is 14.6. The zero-order valence-electron chi connectivity index (χ0n) is 16.7. The van der Waals surface area contributed by atoms with Crippen LogP contribution in [-0.4, -0.2) is 38.8 Å². The topological polar surface area (TPSA) is 41.3 Å². The van der Waals surface area contributed by atoms with E-state index in [0.717, 1.165) is 42.9 Å². The summed E-state index contributed by atoms with van der Waals surface area (Å²) in [6.45, 7) is 2.39. The number of fused-ring (bicyclic) bond motifs is 1. The van der Waals surface area contributed by atoms with E-state index >= 15 is 0 Å². The van der Waals surface area contributed by atoms with Gasteiger partial charge in [0, 0.05) is 37.6 Å². The minimum absolute atomic E-state index is 0.00725. The molecule has 0 bridgehead atoms. The highest BCUT2D eigenvalue weighted by atomic mass is 19.2. The maximum absolute atomic E-state index is 13.6. The van der Waals surface area contributed by atoms with Crippen molar-refractivity contribution >= 4 is 0 Å². The molecule has 1 saturated heterocycles. The fraction of sp³-hybridized carbons (Fsp3) is 0.375. The van der Waals surface area contributed by atoms with E-state index < -0.39 is 17.7 Å². The van der Waals surface area contributed by atoms with E-state index in [1.54, 1.807) is 12.3 Å². The van der Waals surface area contributed by atoms with Crippen LogP contribution in [0.1, 0.15) is 24.4 Å². The molecule has 1 aromatic heterocycles. The number of halogens is 2. The number of likely N-dealkylation sites (tertiary alicyclic amines) is 1. The first-order valence-electron chi connectivity index (χ1n) is 10.5. The van der Waals surface area contributed by atoms with Crippen molar-refractivity contribution in [2.45, 2.75) is 31.5 Å². The first-order valence-corrected chi connectivity index (χ1v) is 10.5. The van der Waals surface area contributed by atoms with E-state index in [0.29, 0.717) is 18.4 Å². The highest BCUT2D eigenvalue weighted by Crippen LogP contribution is 2.42. The molecule has 4 nitrogen and oxygen atoms in total. The molecular formula is C24H25F2N3O. The molecule has 0 unspecified atom stereocenters. The average Bonchev–Trinajstić information content (AvgIpc) is 3.37. The van der Waals surface area contributed by atoms with Gasteiger partial charge in [-0.3, -0.25) is 4.90 Å². The van der Waals surface area contributed by atoms with Gasteiger partial charge in [-0.05, 0) is 42.4 Å². The lowest BCUT2D eigenvalue weighted by atomic mass is 9.77. The highest BCUT2D eigenvalue weighted by molar-refractivity contribution is 5.55. The van der Waals surface area contributed by atoms with Crippen LogP contribution in [0.5, 0.6) is 0 Å². The number of hydrogen-bond donors (Lipinski definition) is 1. The lowest BCUT2D eigenvalue weighted by Gasteiger charge is -2.36. The number of rotatable bonds is 4. The lowest BCUT2D eigenvalue weighted by Crippen LogP contribution is -2.36. The molecule has 0 spiro atoms. The maximum Gasteiger partial charge on any atom is 0.159 e. The molecule has 1 saturated carbocycles. The van der Waals surface area contributed by atoms with Crippen LogP contribution >= 0.6 is 0 Å². The normalized spacial score (nSPS) is 26.6. The summed E-state index contributed by atoms with van der Waals surface area (Å²) >= 11 is 0. The third-order valence-corrected chi connectivity index (χ3v) is 6.63. The molecule has 1 aliphatic heterocycles. The number of aliphatic hydroxyl groups excluding tert-OH is 1. The Hall–Kier alpha value is -2.57. The van der Waals surface area contributed by atoms with Gasteiger partial charge in [0.1, 0.15) is 5.82 Å². The summed E-state index contributed by atoms with van der Waals surface area (Å²) in [6.07, 6.45) is 4.97. The number of benzene rings is 2. The maximum atomic E-state index is 13.6. The van der Waals surface area contributed by atoms with Crippen LogP contribution in [0.15, 0.2) is 60.9 Å². The summed E-state index contributed by atoms with van der Waals surface area (Å²) in [6, 6.07) is 14.2. The van der Waals surface area contributed by atoms with Crippen LogP contribution in [0.2, 0.25) is 0 Å². The number of nitrogens with zero attached hydrogens (tertiary/aromatic N) is 3. The van der Waals surface area contributed by atoms with Crippen LogP contribution in [0.25, 0.3) is 11.4 Å². The van der Waals surface area contributed by atoms with Crippen molar-refractivity contribution in [3.63, 3.8) is 0 Å². The van der Waals surface area contributed by atoms with Gasteiger partial charge in [0.15, 0.2) is 11.6 Å². The molecule has 30 heavy (non-hydrogen) atoms. The van der Waals surface area contributed by atoms with E-state index in [-0.39, 0.29) is 6.04 Å². The van der Waals surface area contributed by atoms with Crippen LogP contribution in [0.4, 0.5) is 8.78 Å². The fourth-order valence-corrected chi connectivity index (χ4v) is 5.22. The van der Waals surface area contributed by atoms with Gasteiger partial charge in [0.25, 0.3) is 0 Å². The molecular weight excluding hydrogens is 384 g/mol. The van der Waals surface area contributed by atoms with Crippen molar-refractivity contribution in [3.8, 4) is 11.4 Å². The third kappa shape index (κ3) is 3.66. The Labute approximate surface area is 174 Å². The molecule has 3 aromatic rings. The Morgan fingerprint density at radius 3 is 2.50 bits per heavy atom. The standard InChI is InChI=1S/C24H25F2N3O/c25-20-7-6-16(10-21(20)26)13-28-14-18-11-22(23(30)12-19(18)15-28)29-9-8-27-24(29)17-4-2-1-3-5-17/h1-10,18-19,22-23,30H,11-15H2/t18-,19+,22-,23-/m0/s1. The molecule has 2 aromatic carbocycles. The first kappa shape index (κ1) is 19.4. The second-order valence-corrected chi connectivity index (χ2v) is 8.59. The quantitative estimate of drug-likeness (QED) is 0.700. The molecule has 5 rings (SSSR count). The second kappa shape index (κ2) is 7.93. The predicted octanol–water partition coefficient (Wildman–Crippen LogP) is 4.27. The van der Waals surface area contributed by atoms with Crippen LogP contribution < -0.4 is 0 Å². The average molecular weight is 409 g/mol. The minimum atomic E-state index is -0.811. The number of aromatic nitrogens is 2. The molecule has 4 atom stereocenters.